The lowest BCUT2D eigenvalue weighted by atomic mass is 10.2. The van der Waals surface area contributed by atoms with Gasteiger partial charge in [-0.25, -0.2) is 4.98 Å². The number of hydrogen-bond acceptors (Lipinski definition) is 5. The molecule has 0 fully saturated rings. The van der Waals surface area contributed by atoms with Crippen molar-refractivity contribution in [2.45, 2.75) is 17.0 Å². The molecule has 0 saturated carbocycles. The predicted octanol–water partition coefficient (Wildman–Crippen LogP) is 3.48. The van der Waals surface area contributed by atoms with E-state index in [1.807, 2.05) is 19.1 Å². The second-order valence-electron chi connectivity index (χ2n) is 3.22. The number of halogens is 1. The number of aromatic nitrogens is 2. The Labute approximate surface area is 111 Å². The Morgan fingerprint density at radius 2 is 2.31 bits per heavy atom. The van der Waals surface area contributed by atoms with Crippen LogP contribution >= 0.6 is 39.2 Å². The van der Waals surface area contributed by atoms with Gasteiger partial charge in [0, 0.05) is 15.9 Å². The molecule has 2 aromatic rings. The molecule has 0 spiro atoms. The van der Waals surface area contributed by atoms with Gasteiger partial charge in [-0.05, 0) is 46.0 Å². The molecule has 0 saturated heterocycles. The Hall–Kier alpha value is -0.590. The summed E-state index contributed by atoms with van der Waals surface area (Å²) in [5, 5.41) is 0. The van der Waals surface area contributed by atoms with Crippen LogP contribution in [0.4, 0.5) is 5.69 Å². The maximum Gasteiger partial charge on any atom is 0.170 e. The summed E-state index contributed by atoms with van der Waals surface area (Å²) in [7, 11) is 0. The fourth-order valence-electron chi connectivity index (χ4n) is 1.19. The van der Waals surface area contributed by atoms with Gasteiger partial charge in [-0.2, -0.15) is 4.37 Å². The van der Waals surface area contributed by atoms with E-state index in [-0.39, 0.29) is 0 Å². The van der Waals surface area contributed by atoms with E-state index in [1.54, 1.807) is 11.8 Å². The summed E-state index contributed by atoms with van der Waals surface area (Å²) in [5.74, 6) is 1.68. The highest BCUT2D eigenvalue weighted by Crippen LogP contribution is 2.30. The first kappa shape index (κ1) is 11.9. The average Bonchev–Trinajstić information content (AvgIpc) is 2.67. The molecule has 0 unspecified atom stereocenters. The van der Waals surface area contributed by atoms with Gasteiger partial charge in [-0.15, -0.1) is 0 Å². The summed E-state index contributed by atoms with van der Waals surface area (Å²) in [6, 6.07) is 5.90. The molecule has 2 N–H and O–H groups in total. The zero-order valence-corrected chi connectivity index (χ0v) is 11.8. The summed E-state index contributed by atoms with van der Waals surface area (Å²) in [6.07, 6.45) is 0. The number of nitrogens with two attached hydrogens (primary N) is 1. The SMILES string of the molecule is Cc1nsc(SCc2cccc(N)c2Br)n1. The largest absolute Gasteiger partial charge is 0.398 e. The molecule has 0 atom stereocenters. The van der Waals surface area contributed by atoms with Crippen LogP contribution in [0.15, 0.2) is 27.0 Å². The molecule has 1 heterocycles. The topological polar surface area (TPSA) is 51.8 Å². The van der Waals surface area contributed by atoms with Crippen molar-refractivity contribution in [1.82, 2.24) is 9.36 Å². The molecule has 16 heavy (non-hydrogen) atoms. The van der Waals surface area contributed by atoms with Crippen LogP contribution in [0.25, 0.3) is 0 Å². The number of nitrogen functional groups attached to an aromatic ring is 1. The van der Waals surface area contributed by atoms with Crippen molar-refractivity contribution in [2.24, 2.45) is 0 Å². The zero-order valence-electron chi connectivity index (χ0n) is 8.61. The van der Waals surface area contributed by atoms with Crippen LogP contribution in [0.5, 0.6) is 0 Å². The fourth-order valence-corrected chi connectivity index (χ4v) is 3.42. The Morgan fingerprint density at radius 1 is 1.50 bits per heavy atom. The summed E-state index contributed by atoms with van der Waals surface area (Å²) in [5.41, 5.74) is 7.76. The van der Waals surface area contributed by atoms with E-state index in [1.165, 1.54) is 17.1 Å². The Bertz CT molecular complexity index is 499. The molecule has 3 nitrogen and oxygen atoms in total. The van der Waals surface area contributed by atoms with E-state index < -0.39 is 0 Å². The molecule has 0 aliphatic rings. The molecule has 84 valence electrons. The number of benzene rings is 1. The van der Waals surface area contributed by atoms with E-state index in [4.69, 9.17) is 5.73 Å². The third kappa shape index (κ3) is 2.75. The lowest BCUT2D eigenvalue weighted by Crippen LogP contribution is -1.90. The van der Waals surface area contributed by atoms with Crippen molar-refractivity contribution in [3.05, 3.63) is 34.1 Å². The molecule has 1 aromatic heterocycles. The molecule has 0 bridgehead atoms. The van der Waals surface area contributed by atoms with Gasteiger partial charge in [0.2, 0.25) is 0 Å². The van der Waals surface area contributed by atoms with Gasteiger partial charge in [-0.1, -0.05) is 23.9 Å². The fraction of sp³-hybridized carbons (Fsp3) is 0.200. The van der Waals surface area contributed by atoms with Gasteiger partial charge in [0.05, 0.1) is 0 Å². The van der Waals surface area contributed by atoms with Crippen LogP contribution in [0, 0.1) is 6.92 Å². The van der Waals surface area contributed by atoms with Crippen LogP contribution in [0.1, 0.15) is 11.4 Å². The third-order valence-electron chi connectivity index (χ3n) is 1.97. The van der Waals surface area contributed by atoms with Crippen LogP contribution in [0.3, 0.4) is 0 Å². The molecular formula is C10H10BrN3S2. The normalized spacial score (nSPS) is 10.6. The van der Waals surface area contributed by atoms with Crippen molar-refractivity contribution >= 4 is 44.9 Å². The van der Waals surface area contributed by atoms with Gasteiger partial charge in [0.15, 0.2) is 4.34 Å². The molecule has 1 aromatic carbocycles. The maximum atomic E-state index is 5.81. The number of thioether (sulfide) groups is 1. The number of aryl methyl sites for hydroxylation is 1. The first-order chi connectivity index (χ1) is 7.66. The molecule has 2 rings (SSSR count). The lowest BCUT2D eigenvalue weighted by molar-refractivity contribution is 1.10. The number of nitrogens with zero attached hydrogens (tertiary/aromatic N) is 2. The Balaban J connectivity index is 2.07. The number of hydrogen-bond donors (Lipinski definition) is 1. The van der Waals surface area contributed by atoms with Crippen LogP contribution in [0.2, 0.25) is 0 Å². The summed E-state index contributed by atoms with van der Waals surface area (Å²) in [4.78, 5) is 4.30. The monoisotopic (exact) mass is 315 g/mol. The van der Waals surface area contributed by atoms with Crippen molar-refractivity contribution in [1.29, 1.82) is 0 Å². The van der Waals surface area contributed by atoms with E-state index in [2.05, 4.69) is 31.4 Å². The standard InChI is InChI=1S/C10H10BrN3S2/c1-6-13-10(16-14-6)15-5-7-3-2-4-8(12)9(7)11/h2-4H,5,12H2,1H3. The number of rotatable bonds is 3. The minimum Gasteiger partial charge on any atom is -0.398 e. The maximum absolute atomic E-state index is 5.81. The minimum atomic E-state index is 0.770. The van der Waals surface area contributed by atoms with Gasteiger partial charge in [0.25, 0.3) is 0 Å². The van der Waals surface area contributed by atoms with Crippen LogP contribution < -0.4 is 5.73 Å². The lowest BCUT2D eigenvalue weighted by Gasteiger charge is -2.04. The predicted molar refractivity (Wildman–Crippen MR) is 72.8 cm³/mol. The van der Waals surface area contributed by atoms with E-state index in [0.717, 1.165) is 26.1 Å². The molecule has 0 aliphatic carbocycles. The van der Waals surface area contributed by atoms with Gasteiger partial charge in [0.1, 0.15) is 5.82 Å². The zero-order chi connectivity index (χ0) is 11.5. The Kier molecular flexibility index (Phi) is 3.83. The highest BCUT2D eigenvalue weighted by Gasteiger charge is 2.06. The number of anilines is 1. The van der Waals surface area contributed by atoms with Crippen molar-refractivity contribution in [2.75, 3.05) is 5.73 Å². The molecular weight excluding hydrogens is 306 g/mol. The van der Waals surface area contributed by atoms with E-state index in [0.29, 0.717) is 0 Å². The highest BCUT2D eigenvalue weighted by molar-refractivity contribution is 9.10. The molecule has 0 amide bonds. The Morgan fingerprint density at radius 3 is 3.00 bits per heavy atom. The van der Waals surface area contributed by atoms with Crippen molar-refractivity contribution in [3.8, 4) is 0 Å². The average molecular weight is 316 g/mol. The molecule has 0 radical (unpaired) electrons. The molecule has 6 heteroatoms. The van der Waals surface area contributed by atoms with Crippen molar-refractivity contribution in [3.63, 3.8) is 0 Å². The second kappa shape index (κ2) is 5.16. The van der Waals surface area contributed by atoms with Crippen molar-refractivity contribution < 1.29 is 0 Å². The van der Waals surface area contributed by atoms with Gasteiger partial charge < -0.3 is 5.73 Å². The highest BCUT2D eigenvalue weighted by atomic mass is 79.9. The van der Waals surface area contributed by atoms with Gasteiger partial charge in [-0.3, -0.25) is 0 Å². The first-order valence-electron chi connectivity index (χ1n) is 4.63. The second-order valence-corrected chi connectivity index (χ2v) is 5.98. The van der Waals surface area contributed by atoms with E-state index in [9.17, 15) is 0 Å². The van der Waals surface area contributed by atoms with Crippen LogP contribution in [-0.2, 0) is 5.75 Å². The summed E-state index contributed by atoms with van der Waals surface area (Å²) < 4.78 is 6.11. The molecule has 0 aliphatic heterocycles. The third-order valence-corrected chi connectivity index (χ3v) is 4.91. The van der Waals surface area contributed by atoms with Gasteiger partial charge >= 0.3 is 0 Å². The van der Waals surface area contributed by atoms with Crippen LogP contribution in [-0.4, -0.2) is 9.36 Å². The van der Waals surface area contributed by atoms with E-state index >= 15 is 0 Å². The summed E-state index contributed by atoms with van der Waals surface area (Å²) in [6.45, 7) is 1.90. The minimum absolute atomic E-state index is 0.770. The quantitative estimate of drug-likeness (QED) is 0.696. The first-order valence-corrected chi connectivity index (χ1v) is 7.18. The summed E-state index contributed by atoms with van der Waals surface area (Å²) >= 11 is 6.60. The smallest absolute Gasteiger partial charge is 0.170 e.